The maximum absolute atomic E-state index is 5.24. The van der Waals surface area contributed by atoms with Gasteiger partial charge in [0.2, 0.25) is 11.7 Å². The van der Waals surface area contributed by atoms with Gasteiger partial charge in [-0.2, -0.15) is 4.98 Å². The zero-order chi connectivity index (χ0) is 12.7. The molecule has 5 heteroatoms. The molecular formula is C13H12N2O2S. The highest BCUT2D eigenvalue weighted by Crippen LogP contribution is 2.38. The van der Waals surface area contributed by atoms with Crippen molar-refractivity contribution in [3.63, 3.8) is 0 Å². The quantitative estimate of drug-likeness (QED) is 0.706. The number of nitrogens with zero attached hydrogens (tertiary/aromatic N) is 2. The van der Waals surface area contributed by atoms with E-state index in [1.54, 1.807) is 25.4 Å². The van der Waals surface area contributed by atoms with Gasteiger partial charge in [-0.25, -0.2) is 0 Å². The summed E-state index contributed by atoms with van der Waals surface area (Å²) in [7, 11) is 1.67. The van der Waals surface area contributed by atoms with Crippen molar-refractivity contribution in [2.75, 3.05) is 7.11 Å². The van der Waals surface area contributed by atoms with Crippen molar-refractivity contribution in [2.24, 2.45) is 0 Å². The number of rotatable bonds is 2. The number of fused-ring (bicyclic) bond motifs is 1. The fraction of sp³-hybridized carbons (Fsp3) is 0.231. The van der Waals surface area contributed by atoms with Crippen molar-refractivity contribution in [2.45, 2.75) is 13.8 Å². The minimum atomic E-state index is 0.583. The first kappa shape index (κ1) is 11.2. The van der Waals surface area contributed by atoms with Gasteiger partial charge in [-0.1, -0.05) is 5.16 Å². The van der Waals surface area contributed by atoms with Crippen LogP contribution in [0.3, 0.4) is 0 Å². The van der Waals surface area contributed by atoms with E-state index in [9.17, 15) is 0 Å². The van der Waals surface area contributed by atoms with E-state index < -0.39 is 0 Å². The molecule has 1 aromatic carbocycles. The van der Waals surface area contributed by atoms with E-state index in [2.05, 4.69) is 23.1 Å². The monoisotopic (exact) mass is 260 g/mol. The van der Waals surface area contributed by atoms with Crippen LogP contribution in [0.25, 0.3) is 20.8 Å². The van der Waals surface area contributed by atoms with Gasteiger partial charge in [-0.3, -0.25) is 0 Å². The van der Waals surface area contributed by atoms with Crippen molar-refractivity contribution in [1.82, 2.24) is 10.1 Å². The number of benzene rings is 1. The minimum Gasteiger partial charge on any atom is -0.497 e. The molecular weight excluding hydrogens is 248 g/mol. The van der Waals surface area contributed by atoms with Crippen molar-refractivity contribution in [3.8, 4) is 16.5 Å². The molecule has 0 saturated carbocycles. The smallest absolute Gasteiger partial charge is 0.223 e. The Morgan fingerprint density at radius 1 is 1.28 bits per heavy atom. The summed E-state index contributed by atoms with van der Waals surface area (Å²) in [6.07, 6.45) is 0. The normalized spacial score (nSPS) is 11.1. The third kappa shape index (κ3) is 1.67. The maximum Gasteiger partial charge on any atom is 0.223 e. The SMILES string of the molecule is COc1ccc2c(C)c(-c3noc(C)n3)sc2c1. The molecule has 0 atom stereocenters. The van der Waals surface area contributed by atoms with Gasteiger partial charge in [-0.05, 0) is 36.1 Å². The zero-order valence-corrected chi connectivity index (χ0v) is 11.2. The molecule has 92 valence electrons. The molecule has 0 spiro atoms. The summed E-state index contributed by atoms with van der Waals surface area (Å²) in [5, 5.41) is 5.18. The molecule has 0 aliphatic carbocycles. The molecule has 2 heterocycles. The Morgan fingerprint density at radius 3 is 2.78 bits per heavy atom. The van der Waals surface area contributed by atoms with Crippen LogP contribution < -0.4 is 4.74 Å². The number of ether oxygens (including phenoxy) is 1. The van der Waals surface area contributed by atoms with Crippen LogP contribution >= 0.6 is 11.3 Å². The predicted molar refractivity (Wildman–Crippen MR) is 71.1 cm³/mol. The van der Waals surface area contributed by atoms with E-state index in [0.717, 1.165) is 10.6 Å². The van der Waals surface area contributed by atoms with E-state index in [0.29, 0.717) is 11.7 Å². The third-order valence-electron chi connectivity index (χ3n) is 2.88. The number of hydrogen-bond acceptors (Lipinski definition) is 5. The fourth-order valence-electron chi connectivity index (χ4n) is 1.94. The first-order valence-electron chi connectivity index (χ1n) is 5.57. The van der Waals surface area contributed by atoms with Gasteiger partial charge in [0.25, 0.3) is 0 Å². The Labute approximate surface area is 108 Å². The van der Waals surface area contributed by atoms with Crippen LogP contribution in [0.2, 0.25) is 0 Å². The van der Waals surface area contributed by atoms with Gasteiger partial charge in [-0.15, -0.1) is 11.3 Å². The molecule has 0 unspecified atom stereocenters. The summed E-state index contributed by atoms with van der Waals surface area (Å²) in [5.41, 5.74) is 1.18. The second kappa shape index (κ2) is 4.10. The highest BCUT2D eigenvalue weighted by atomic mass is 32.1. The van der Waals surface area contributed by atoms with Gasteiger partial charge in [0.05, 0.1) is 12.0 Å². The van der Waals surface area contributed by atoms with Crippen LogP contribution in [0.15, 0.2) is 22.7 Å². The lowest BCUT2D eigenvalue weighted by Crippen LogP contribution is -1.81. The molecule has 3 rings (SSSR count). The summed E-state index contributed by atoms with van der Waals surface area (Å²) < 4.78 is 11.4. The second-order valence-corrected chi connectivity index (χ2v) is 5.11. The van der Waals surface area contributed by atoms with Crippen molar-refractivity contribution < 1.29 is 9.26 Å². The molecule has 0 amide bonds. The molecule has 0 aliphatic heterocycles. The van der Waals surface area contributed by atoms with Crippen LogP contribution in [-0.2, 0) is 0 Å². The number of methoxy groups -OCH3 is 1. The van der Waals surface area contributed by atoms with Crippen LogP contribution in [0.1, 0.15) is 11.5 Å². The molecule has 0 bridgehead atoms. The average molecular weight is 260 g/mol. The Morgan fingerprint density at radius 2 is 2.11 bits per heavy atom. The highest BCUT2D eigenvalue weighted by Gasteiger charge is 2.15. The molecule has 2 aromatic heterocycles. The molecule has 0 fully saturated rings. The number of thiophene rings is 1. The van der Waals surface area contributed by atoms with E-state index in [-0.39, 0.29) is 0 Å². The van der Waals surface area contributed by atoms with E-state index >= 15 is 0 Å². The van der Waals surface area contributed by atoms with Gasteiger partial charge in [0.15, 0.2) is 0 Å². The average Bonchev–Trinajstić information content (AvgIpc) is 2.93. The highest BCUT2D eigenvalue weighted by molar-refractivity contribution is 7.22. The lowest BCUT2D eigenvalue weighted by Gasteiger charge is -1.98. The fourth-order valence-corrected chi connectivity index (χ4v) is 3.10. The lowest BCUT2D eigenvalue weighted by molar-refractivity contribution is 0.394. The summed E-state index contributed by atoms with van der Waals surface area (Å²) in [6, 6.07) is 6.06. The number of hydrogen-bond donors (Lipinski definition) is 0. The van der Waals surface area contributed by atoms with Gasteiger partial charge in [0, 0.05) is 11.6 Å². The Balaban J connectivity index is 2.22. The summed E-state index contributed by atoms with van der Waals surface area (Å²) in [5.74, 6) is 2.10. The van der Waals surface area contributed by atoms with Crippen LogP contribution in [0.5, 0.6) is 5.75 Å². The van der Waals surface area contributed by atoms with Gasteiger partial charge < -0.3 is 9.26 Å². The topological polar surface area (TPSA) is 48.2 Å². The Hall–Kier alpha value is -1.88. The maximum atomic E-state index is 5.24. The van der Waals surface area contributed by atoms with Crippen molar-refractivity contribution in [3.05, 3.63) is 29.7 Å². The lowest BCUT2D eigenvalue weighted by atomic mass is 10.1. The summed E-state index contributed by atoms with van der Waals surface area (Å²) in [6.45, 7) is 3.87. The minimum absolute atomic E-state index is 0.583. The zero-order valence-electron chi connectivity index (χ0n) is 10.4. The summed E-state index contributed by atoms with van der Waals surface area (Å²) >= 11 is 1.65. The number of aryl methyl sites for hydroxylation is 2. The standard InChI is InChI=1S/C13H12N2O2S/c1-7-10-5-4-9(16-3)6-11(10)18-12(7)13-14-8(2)17-15-13/h4-6H,1-3H3. The van der Waals surface area contributed by atoms with Crippen LogP contribution in [0.4, 0.5) is 0 Å². The van der Waals surface area contributed by atoms with Crippen LogP contribution in [-0.4, -0.2) is 17.3 Å². The molecule has 18 heavy (non-hydrogen) atoms. The van der Waals surface area contributed by atoms with E-state index in [1.165, 1.54) is 15.6 Å². The van der Waals surface area contributed by atoms with Gasteiger partial charge in [0.1, 0.15) is 5.75 Å². The molecule has 0 aliphatic rings. The first-order valence-corrected chi connectivity index (χ1v) is 6.38. The largest absolute Gasteiger partial charge is 0.497 e. The molecule has 0 saturated heterocycles. The van der Waals surface area contributed by atoms with Gasteiger partial charge >= 0.3 is 0 Å². The molecule has 3 aromatic rings. The molecule has 0 radical (unpaired) electrons. The van der Waals surface area contributed by atoms with Crippen molar-refractivity contribution in [1.29, 1.82) is 0 Å². The van der Waals surface area contributed by atoms with E-state index in [1.807, 2.05) is 12.1 Å². The molecule has 0 N–H and O–H groups in total. The number of aromatic nitrogens is 2. The van der Waals surface area contributed by atoms with Crippen LogP contribution in [0, 0.1) is 13.8 Å². The predicted octanol–water partition coefficient (Wildman–Crippen LogP) is 3.58. The second-order valence-electron chi connectivity index (χ2n) is 4.06. The molecule has 4 nitrogen and oxygen atoms in total. The Bertz CT molecular complexity index is 715. The van der Waals surface area contributed by atoms with Crippen molar-refractivity contribution >= 4 is 21.4 Å². The first-order chi connectivity index (χ1) is 8.69. The van der Waals surface area contributed by atoms with E-state index in [4.69, 9.17) is 9.26 Å². The Kier molecular flexibility index (Phi) is 2.56. The third-order valence-corrected chi connectivity index (χ3v) is 4.13. The summed E-state index contributed by atoms with van der Waals surface area (Å²) in [4.78, 5) is 5.33.